The number of hydrogen-bond acceptors (Lipinski definition) is 4. The summed E-state index contributed by atoms with van der Waals surface area (Å²) in [6, 6.07) is 0.722. The lowest BCUT2D eigenvalue weighted by atomic mass is 9.90. The Hall–Kier alpha value is -1.43. The Kier molecular flexibility index (Phi) is 5.43. The van der Waals surface area contributed by atoms with Crippen LogP contribution >= 0.6 is 0 Å². The molecule has 1 aromatic heterocycles. The molecule has 2 aliphatic rings. The molecule has 122 valence electrons. The molecule has 1 amide bonds. The number of hydrogen-bond donors (Lipinski definition) is 1. The first-order valence-electron chi connectivity index (χ1n) is 8.69. The van der Waals surface area contributed by atoms with Gasteiger partial charge in [-0.15, -0.1) is 5.10 Å². The summed E-state index contributed by atoms with van der Waals surface area (Å²) in [7, 11) is 0. The van der Waals surface area contributed by atoms with Crippen LogP contribution in [-0.4, -0.2) is 51.5 Å². The van der Waals surface area contributed by atoms with Gasteiger partial charge in [-0.2, -0.15) is 0 Å². The molecule has 6 nitrogen and oxygen atoms in total. The van der Waals surface area contributed by atoms with Gasteiger partial charge in [0.05, 0.1) is 18.7 Å². The van der Waals surface area contributed by atoms with Crippen molar-refractivity contribution in [3.63, 3.8) is 0 Å². The minimum atomic E-state index is 0.159. The second-order valence-corrected chi connectivity index (χ2v) is 6.58. The van der Waals surface area contributed by atoms with Gasteiger partial charge in [0.15, 0.2) is 0 Å². The van der Waals surface area contributed by atoms with Gasteiger partial charge in [0.2, 0.25) is 5.91 Å². The van der Waals surface area contributed by atoms with Gasteiger partial charge in [-0.25, -0.2) is 0 Å². The van der Waals surface area contributed by atoms with E-state index < -0.39 is 0 Å². The van der Waals surface area contributed by atoms with Crippen LogP contribution in [0.2, 0.25) is 0 Å². The number of rotatable bonds is 5. The van der Waals surface area contributed by atoms with Gasteiger partial charge in [-0.3, -0.25) is 14.4 Å². The molecule has 1 atom stereocenters. The summed E-state index contributed by atoms with van der Waals surface area (Å²) in [5.41, 5.74) is 0. The molecule has 1 aliphatic heterocycles. The number of carbonyl (C=O) groups excluding carboxylic acids is 1. The molecule has 2 fully saturated rings. The Balaban J connectivity index is 1.43. The van der Waals surface area contributed by atoms with Crippen LogP contribution in [0, 0.1) is 5.92 Å². The van der Waals surface area contributed by atoms with Crippen molar-refractivity contribution in [3.8, 4) is 0 Å². The lowest BCUT2D eigenvalue weighted by Crippen LogP contribution is -2.48. The van der Waals surface area contributed by atoms with E-state index in [9.17, 15) is 4.79 Å². The molecule has 1 saturated carbocycles. The van der Waals surface area contributed by atoms with Crippen LogP contribution in [0.1, 0.15) is 44.9 Å². The fourth-order valence-electron chi connectivity index (χ4n) is 3.79. The molecule has 3 rings (SSSR count). The number of nitrogens with one attached hydrogen (secondary N) is 1. The molecule has 0 spiro atoms. The summed E-state index contributed by atoms with van der Waals surface area (Å²) in [6.07, 6.45) is 12.4. The van der Waals surface area contributed by atoms with Crippen molar-refractivity contribution in [2.75, 3.05) is 19.6 Å². The summed E-state index contributed by atoms with van der Waals surface area (Å²) in [5.74, 6) is 0.368. The number of amides is 1. The van der Waals surface area contributed by atoms with Gasteiger partial charge >= 0.3 is 0 Å². The zero-order valence-electron chi connectivity index (χ0n) is 13.3. The number of nitrogens with zero attached hydrogens (tertiary/aromatic N) is 4. The van der Waals surface area contributed by atoms with E-state index in [1.165, 1.54) is 38.6 Å². The third kappa shape index (κ3) is 4.06. The summed E-state index contributed by atoms with van der Waals surface area (Å²) >= 11 is 0. The van der Waals surface area contributed by atoms with Crippen molar-refractivity contribution < 1.29 is 4.79 Å². The maximum atomic E-state index is 12.4. The van der Waals surface area contributed by atoms with Crippen LogP contribution in [0.4, 0.5) is 0 Å². The normalized spacial score (nSPS) is 24.3. The predicted octanol–water partition coefficient (Wildman–Crippen LogP) is 1.44. The minimum absolute atomic E-state index is 0.159. The summed E-state index contributed by atoms with van der Waals surface area (Å²) in [4.78, 5) is 14.9. The maximum Gasteiger partial charge on any atom is 0.224 e. The van der Waals surface area contributed by atoms with E-state index in [-0.39, 0.29) is 11.8 Å². The van der Waals surface area contributed by atoms with Crippen LogP contribution < -0.4 is 5.32 Å². The molecule has 0 bridgehead atoms. The smallest absolute Gasteiger partial charge is 0.224 e. The first-order valence-corrected chi connectivity index (χ1v) is 8.69. The van der Waals surface area contributed by atoms with Gasteiger partial charge in [0.1, 0.15) is 0 Å². The lowest BCUT2D eigenvalue weighted by molar-refractivity contribution is -0.127. The van der Waals surface area contributed by atoms with Gasteiger partial charge in [0, 0.05) is 25.3 Å². The van der Waals surface area contributed by atoms with E-state index in [2.05, 4.69) is 20.5 Å². The quantitative estimate of drug-likeness (QED) is 0.894. The van der Waals surface area contributed by atoms with Gasteiger partial charge < -0.3 is 5.32 Å². The Morgan fingerprint density at radius 2 is 2.05 bits per heavy atom. The Morgan fingerprint density at radius 3 is 2.82 bits per heavy atom. The van der Waals surface area contributed by atoms with Crippen molar-refractivity contribution in [1.29, 1.82) is 0 Å². The second kappa shape index (κ2) is 7.72. The van der Waals surface area contributed by atoms with E-state index in [4.69, 9.17) is 0 Å². The second-order valence-electron chi connectivity index (χ2n) is 6.58. The van der Waals surface area contributed by atoms with Crippen LogP contribution in [0.3, 0.4) is 0 Å². The van der Waals surface area contributed by atoms with E-state index in [1.54, 1.807) is 10.9 Å². The van der Waals surface area contributed by atoms with E-state index in [0.717, 1.165) is 25.4 Å². The first kappa shape index (κ1) is 15.5. The topological polar surface area (TPSA) is 63.1 Å². The van der Waals surface area contributed by atoms with Crippen molar-refractivity contribution in [3.05, 3.63) is 12.4 Å². The van der Waals surface area contributed by atoms with Gasteiger partial charge in [-0.1, -0.05) is 24.5 Å². The molecule has 1 N–H and O–H groups in total. The predicted molar refractivity (Wildman–Crippen MR) is 84.2 cm³/mol. The monoisotopic (exact) mass is 305 g/mol. The first-order chi connectivity index (χ1) is 10.8. The highest BCUT2D eigenvalue weighted by Crippen LogP contribution is 2.27. The lowest BCUT2D eigenvalue weighted by Gasteiger charge is -2.39. The molecule has 22 heavy (non-hydrogen) atoms. The minimum Gasteiger partial charge on any atom is -0.354 e. The van der Waals surface area contributed by atoms with E-state index in [0.29, 0.717) is 13.1 Å². The molecule has 1 saturated heterocycles. The van der Waals surface area contributed by atoms with Crippen LogP contribution in [-0.2, 0) is 11.3 Å². The average molecular weight is 305 g/mol. The highest BCUT2D eigenvalue weighted by atomic mass is 16.1. The summed E-state index contributed by atoms with van der Waals surface area (Å²) in [6.45, 7) is 3.43. The van der Waals surface area contributed by atoms with Crippen LogP contribution in [0.5, 0.6) is 0 Å². The molecule has 0 unspecified atom stereocenters. The van der Waals surface area contributed by atoms with Crippen molar-refractivity contribution in [2.45, 2.75) is 57.5 Å². The fraction of sp³-hybridized carbons (Fsp3) is 0.812. The highest BCUT2D eigenvalue weighted by molar-refractivity contribution is 5.78. The number of aromatic nitrogens is 3. The number of piperidine rings is 1. The van der Waals surface area contributed by atoms with Crippen molar-refractivity contribution >= 4 is 5.91 Å². The van der Waals surface area contributed by atoms with Gasteiger partial charge in [0.25, 0.3) is 0 Å². The molecule has 1 aliphatic carbocycles. The zero-order valence-corrected chi connectivity index (χ0v) is 13.3. The van der Waals surface area contributed by atoms with E-state index >= 15 is 0 Å². The van der Waals surface area contributed by atoms with Crippen molar-refractivity contribution in [1.82, 2.24) is 25.2 Å². The van der Waals surface area contributed by atoms with Crippen LogP contribution in [0.25, 0.3) is 0 Å². The Morgan fingerprint density at radius 1 is 1.18 bits per heavy atom. The highest BCUT2D eigenvalue weighted by Gasteiger charge is 2.30. The summed E-state index contributed by atoms with van der Waals surface area (Å²) in [5, 5.41) is 10.7. The third-order valence-electron chi connectivity index (χ3n) is 5.03. The standard InChI is InChI=1S/C16H27N5O/c22-16(17-8-11-21-12-9-18-19-21)14-5-4-10-20(13-14)15-6-2-1-3-7-15/h9,12,14-15H,1-8,10-11,13H2,(H,17,22)/t14-/m0/s1. The Labute approximate surface area is 132 Å². The average Bonchev–Trinajstić information content (AvgIpc) is 3.09. The molecule has 1 aromatic rings. The summed E-state index contributed by atoms with van der Waals surface area (Å²) < 4.78 is 1.75. The maximum absolute atomic E-state index is 12.4. The SMILES string of the molecule is O=C(NCCn1ccnn1)[C@H]1CCCN(C2CCCCC2)C1. The molecular weight excluding hydrogens is 278 g/mol. The zero-order chi connectivity index (χ0) is 15.2. The molecule has 6 heteroatoms. The third-order valence-corrected chi connectivity index (χ3v) is 5.03. The number of likely N-dealkylation sites (tertiary alicyclic amines) is 1. The molecule has 0 aromatic carbocycles. The van der Waals surface area contributed by atoms with Gasteiger partial charge in [-0.05, 0) is 32.2 Å². The van der Waals surface area contributed by atoms with E-state index in [1.807, 2.05) is 6.20 Å². The number of carbonyl (C=O) groups is 1. The Bertz CT molecular complexity index is 455. The molecular formula is C16H27N5O. The molecule has 2 heterocycles. The fourth-order valence-corrected chi connectivity index (χ4v) is 3.79. The van der Waals surface area contributed by atoms with Crippen molar-refractivity contribution in [2.24, 2.45) is 5.92 Å². The largest absolute Gasteiger partial charge is 0.354 e. The molecule has 0 radical (unpaired) electrons. The van der Waals surface area contributed by atoms with Crippen LogP contribution in [0.15, 0.2) is 12.4 Å².